The second kappa shape index (κ2) is 9.93. The molecule has 0 bridgehead atoms. The van der Waals surface area contributed by atoms with Crippen molar-refractivity contribution < 1.29 is 69.6 Å². The molecule has 9 N–H and O–H groups in total. The zero-order valence-electron chi connectivity index (χ0n) is 15.7. The maximum Gasteiger partial charge on any atom is 0.186 e. The van der Waals surface area contributed by atoms with E-state index in [9.17, 15) is 46.0 Å². The predicted octanol–water partition coefficient (Wildman–Crippen LogP) is -6.29. The van der Waals surface area contributed by atoms with Gasteiger partial charge in [-0.15, -0.1) is 0 Å². The topological polar surface area (TPSA) is 228 Å². The molecule has 14 nitrogen and oxygen atoms in total. The van der Waals surface area contributed by atoms with Gasteiger partial charge in [-0.05, 0) is 0 Å². The molecule has 3 aliphatic heterocycles. The lowest BCUT2D eigenvalue weighted by Gasteiger charge is -2.45. The molecule has 0 aromatic rings. The molecular formula is C16H28O14. The Hall–Kier alpha value is -0.560. The van der Waals surface area contributed by atoms with Crippen LogP contribution in [-0.4, -0.2) is 146 Å². The molecule has 3 heterocycles. The molecule has 0 saturated carbocycles. The van der Waals surface area contributed by atoms with Crippen LogP contribution in [0.1, 0.15) is 0 Å². The molecule has 3 aliphatic rings. The van der Waals surface area contributed by atoms with Crippen molar-refractivity contribution in [3.8, 4) is 0 Å². The fourth-order valence-corrected chi connectivity index (χ4v) is 3.50. The molecular weight excluding hydrogens is 416 g/mol. The van der Waals surface area contributed by atoms with E-state index < -0.39 is 93.1 Å². The summed E-state index contributed by atoms with van der Waals surface area (Å²) in [6, 6.07) is 0. The first-order valence-electron chi connectivity index (χ1n) is 9.40. The minimum atomic E-state index is -1.78. The first-order valence-corrected chi connectivity index (χ1v) is 9.40. The smallest absolute Gasteiger partial charge is 0.186 e. The molecule has 0 spiro atoms. The molecule has 0 unspecified atom stereocenters. The predicted molar refractivity (Wildman–Crippen MR) is 89.2 cm³/mol. The van der Waals surface area contributed by atoms with Gasteiger partial charge in [0.05, 0.1) is 19.8 Å². The van der Waals surface area contributed by atoms with Crippen molar-refractivity contribution in [1.82, 2.24) is 0 Å². The van der Waals surface area contributed by atoms with Crippen molar-refractivity contribution in [2.24, 2.45) is 0 Å². The molecule has 3 saturated heterocycles. The van der Waals surface area contributed by atoms with E-state index in [0.29, 0.717) is 0 Å². The van der Waals surface area contributed by atoms with E-state index in [0.717, 1.165) is 0 Å². The Bertz CT molecular complexity index is 552. The second-order valence-corrected chi connectivity index (χ2v) is 7.44. The van der Waals surface area contributed by atoms with E-state index >= 15 is 0 Å². The number of hydrogen-bond acceptors (Lipinski definition) is 14. The van der Waals surface area contributed by atoms with Gasteiger partial charge in [0.25, 0.3) is 0 Å². The Labute approximate surface area is 170 Å². The molecule has 0 radical (unpaired) electrons. The monoisotopic (exact) mass is 444 g/mol. The van der Waals surface area contributed by atoms with Gasteiger partial charge in [-0.1, -0.05) is 0 Å². The number of hydrogen-bond donors (Lipinski definition) is 9. The van der Waals surface area contributed by atoms with Gasteiger partial charge in [0.2, 0.25) is 0 Å². The van der Waals surface area contributed by atoms with E-state index in [4.69, 9.17) is 23.7 Å². The molecule has 3 fully saturated rings. The quantitative estimate of drug-likeness (QED) is 0.192. The molecule has 30 heavy (non-hydrogen) atoms. The van der Waals surface area contributed by atoms with Crippen LogP contribution in [0.25, 0.3) is 0 Å². The van der Waals surface area contributed by atoms with Crippen LogP contribution in [0.15, 0.2) is 0 Å². The van der Waals surface area contributed by atoms with Gasteiger partial charge in [-0.25, -0.2) is 0 Å². The maximum atomic E-state index is 10.5. The van der Waals surface area contributed by atoms with Crippen LogP contribution in [0.5, 0.6) is 0 Å². The lowest BCUT2D eigenvalue weighted by Crippen LogP contribution is -2.64. The highest BCUT2D eigenvalue weighted by Crippen LogP contribution is 2.29. The highest BCUT2D eigenvalue weighted by molar-refractivity contribution is 4.93. The van der Waals surface area contributed by atoms with E-state index in [2.05, 4.69) is 0 Å². The Morgan fingerprint density at radius 2 is 1.20 bits per heavy atom. The van der Waals surface area contributed by atoms with Gasteiger partial charge in [-0.2, -0.15) is 0 Å². The number of rotatable bonds is 5. The van der Waals surface area contributed by atoms with Crippen molar-refractivity contribution in [2.45, 2.75) is 79.9 Å². The average Bonchev–Trinajstić information content (AvgIpc) is 2.72. The summed E-state index contributed by atoms with van der Waals surface area (Å²) in [5.74, 6) is 0. The summed E-state index contributed by atoms with van der Waals surface area (Å²) in [4.78, 5) is 0. The number of aliphatic hydroxyl groups excluding tert-OH is 9. The third-order valence-corrected chi connectivity index (χ3v) is 5.30. The molecule has 3 rings (SSSR count). The fraction of sp³-hybridized carbons (Fsp3) is 1.00. The first-order chi connectivity index (χ1) is 14.1. The summed E-state index contributed by atoms with van der Waals surface area (Å²) in [7, 11) is 0. The summed E-state index contributed by atoms with van der Waals surface area (Å²) >= 11 is 0. The van der Waals surface area contributed by atoms with Gasteiger partial charge in [-0.3, -0.25) is 0 Å². The Kier molecular flexibility index (Phi) is 7.97. The number of ether oxygens (including phenoxy) is 5. The van der Waals surface area contributed by atoms with Crippen LogP contribution in [0.2, 0.25) is 0 Å². The molecule has 14 heteroatoms. The lowest BCUT2D eigenvalue weighted by molar-refractivity contribution is -0.361. The third-order valence-electron chi connectivity index (χ3n) is 5.30. The normalized spacial score (nSPS) is 52.9. The molecule has 176 valence electrons. The van der Waals surface area contributed by atoms with Gasteiger partial charge in [0.15, 0.2) is 18.9 Å². The summed E-state index contributed by atoms with van der Waals surface area (Å²) in [5.41, 5.74) is 0. The van der Waals surface area contributed by atoms with Crippen LogP contribution < -0.4 is 0 Å². The number of aliphatic hydroxyl groups is 9. The van der Waals surface area contributed by atoms with E-state index in [1.165, 1.54) is 0 Å². The summed E-state index contributed by atoms with van der Waals surface area (Å²) in [5, 5.41) is 89.0. The highest BCUT2D eigenvalue weighted by atomic mass is 16.7. The Morgan fingerprint density at radius 1 is 0.633 bits per heavy atom. The first kappa shape index (κ1) is 24.1. The molecule has 0 aliphatic carbocycles. The van der Waals surface area contributed by atoms with Crippen LogP contribution in [0, 0.1) is 0 Å². The van der Waals surface area contributed by atoms with E-state index in [1.807, 2.05) is 0 Å². The van der Waals surface area contributed by atoms with Crippen molar-refractivity contribution in [2.75, 3.05) is 19.8 Å². The van der Waals surface area contributed by atoms with Gasteiger partial charge in [0, 0.05) is 0 Å². The maximum absolute atomic E-state index is 10.5. The average molecular weight is 444 g/mol. The summed E-state index contributed by atoms with van der Waals surface area (Å²) in [6.07, 6.45) is -20.1. The van der Waals surface area contributed by atoms with Crippen molar-refractivity contribution >= 4 is 0 Å². The van der Waals surface area contributed by atoms with Crippen molar-refractivity contribution in [3.63, 3.8) is 0 Å². The second-order valence-electron chi connectivity index (χ2n) is 7.44. The fourth-order valence-electron chi connectivity index (χ4n) is 3.50. The zero-order valence-corrected chi connectivity index (χ0v) is 15.7. The minimum Gasteiger partial charge on any atom is -0.394 e. The van der Waals surface area contributed by atoms with Gasteiger partial charge >= 0.3 is 0 Å². The Morgan fingerprint density at radius 3 is 1.83 bits per heavy atom. The zero-order chi connectivity index (χ0) is 22.2. The standard InChI is InChI=1S/C16H28O14/c17-1-6-8(21)13(10(23)14(25)28-6)30-16-11(24)12(5(19)3-27-16)29-15-9(22)7(20)4(18)2-26-15/h4-25H,1-3H2/t4-,5-,6-,7+,8-,9+,10-,11+,12+,13+,14-,15-,16-/m1/s1. The highest BCUT2D eigenvalue weighted by Gasteiger charge is 2.50. The summed E-state index contributed by atoms with van der Waals surface area (Å²) in [6.45, 7) is -1.46. The van der Waals surface area contributed by atoms with Crippen molar-refractivity contribution in [1.29, 1.82) is 0 Å². The van der Waals surface area contributed by atoms with Crippen molar-refractivity contribution in [3.05, 3.63) is 0 Å². The molecule has 0 aromatic heterocycles. The largest absolute Gasteiger partial charge is 0.394 e. The van der Waals surface area contributed by atoms with Crippen LogP contribution in [-0.2, 0) is 23.7 Å². The minimum absolute atomic E-state index is 0.362. The van der Waals surface area contributed by atoms with Crippen LogP contribution in [0.3, 0.4) is 0 Å². The van der Waals surface area contributed by atoms with Crippen LogP contribution in [0.4, 0.5) is 0 Å². The third kappa shape index (κ3) is 4.77. The SMILES string of the molecule is OC[C@H]1O[C@@H](O)[C@H](O)[C@@H](O[C@H]2OC[C@@H](O)[C@H](O[C@H]3OC[C@@H](O)[C@H](O)[C@@H]3O)[C@@H]2O)[C@@H]1O. The molecule has 13 atom stereocenters. The van der Waals surface area contributed by atoms with E-state index in [-0.39, 0.29) is 6.61 Å². The Balaban J connectivity index is 1.67. The summed E-state index contributed by atoms with van der Waals surface area (Å²) < 4.78 is 25.9. The van der Waals surface area contributed by atoms with E-state index in [1.54, 1.807) is 0 Å². The molecule has 0 amide bonds. The lowest BCUT2D eigenvalue weighted by atomic mass is 9.98. The van der Waals surface area contributed by atoms with Gasteiger partial charge < -0.3 is 69.6 Å². The van der Waals surface area contributed by atoms with Crippen LogP contribution >= 0.6 is 0 Å². The molecule has 0 aromatic carbocycles. The van der Waals surface area contributed by atoms with Gasteiger partial charge in [0.1, 0.15) is 61.0 Å².